The summed E-state index contributed by atoms with van der Waals surface area (Å²) < 4.78 is 0. The van der Waals surface area contributed by atoms with Gasteiger partial charge in [0.25, 0.3) is 5.91 Å². The third-order valence-corrected chi connectivity index (χ3v) is 2.62. The average molecular weight is 244 g/mol. The maximum Gasteiger partial charge on any atom is 0.254 e. The van der Waals surface area contributed by atoms with Gasteiger partial charge in [-0.05, 0) is 24.3 Å². The number of amides is 1. The van der Waals surface area contributed by atoms with Gasteiger partial charge in [-0.3, -0.25) is 4.79 Å². The molecule has 1 rings (SSSR count). The number of hydrogen-bond acceptors (Lipinski definition) is 2. The number of hydrogen-bond donors (Lipinski definition) is 0. The summed E-state index contributed by atoms with van der Waals surface area (Å²) in [6.45, 7) is 8.38. The van der Waals surface area contributed by atoms with Crippen LogP contribution in [0.1, 0.15) is 10.4 Å². The number of benzene rings is 1. The van der Waals surface area contributed by atoms with Crippen molar-refractivity contribution in [3.05, 3.63) is 55.1 Å². The molecule has 0 unspecified atom stereocenters. The Morgan fingerprint density at radius 1 is 1.11 bits per heavy atom. The second-order valence-electron chi connectivity index (χ2n) is 4.23. The first-order valence-corrected chi connectivity index (χ1v) is 5.88. The topological polar surface area (TPSA) is 23.6 Å². The molecule has 3 heteroatoms. The lowest BCUT2D eigenvalue weighted by Crippen LogP contribution is -2.31. The zero-order valence-corrected chi connectivity index (χ0v) is 11.1. The molecule has 0 radical (unpaired) electrons. The van der Waals surface area contributed by atoms with Gasteiger partial charge < -0.3 is 9.80 Å². The number of carbonyl (C=O) groups is 1. The van der Waals surface area contributed by atoms with E-state index in [4.69, 9.17) is 0 Å². The minimum Gasteiger partial charge on any atom is -0.378 e. The molecule has 0 aromatic heterocycles. The number of carbonyl (C=O) groups excluding carboxylic acids is 1. The van der Waals surface area contributed by atoms with Crippen LogP contribution in [0.5, 0.6) is 0 Å². The van der Waals surface area contributed by atoms with Gasteiger partial charge in [0, 0.05) is 38.4 Å². The molecular formula is C15H20N2O. The number of nitrogens with zero attached hydrogens (tertiary/aromatic N) is 2. The van der Waals surface area contributed by atoms with Gasteiger partial charge in [-0.15, -0.1) is 13.2 Å². The molecule has 18 heavy (non-hydrogen) atoms. The fraction of sp³-hybridized carbons (Fsp3) is 0.267. The summed E-state index contributed by atoms with van der Waals surface area (Å²) in [6.07, 6.45) is 3.44. The summed E-state index contributed by atoms with van der Waals surface area (Å²) in [5.74, 6) is 0.0000983. The van der Waals surface area contributed by atoms with Gasteiger partial charge in [-0.2, -0.15) is 0 Å². The van der Waals surface area contributed by atoms with Gasteiger partial charge in [0.2, 0.25) is 0 Å². The predicted molar refractivity (Wildman–Crippen MR) is 77.1 cm³/mol. The fourth-order valence-corrected chi connectivity index (χ4v) is 1.64. The lowest BCUT2D eigenvalue weighted by Gasteiger charge is -2.20. The van der Waals surface area contributed by atoms with Crippen molar-refractivity contribution in [1.82, 2.24) is 4.90 Å². The van der Waals surface area contributed by atoms with Gasteiger partial charge in [0.1, 0.15) is 0 Å². The largest absolute Gasteiger partial charge is 0.378 e. The standard InChI is InChI=1S/C15H20N2O/c1-5-11-17(12-6-2)15(18)13-7-9-14(10-8-13)16(3)4/h5-10H,1-2,11-12H2,3-4H3. The van der Waals surface area contributed by atoms with Gasteiger partial charge >= 0.3 is 0 Å². The smallest absolute Gasteiger partial charge is 0.254 e. The van der Waals surface area contributed by atoms with Crippen molar-refractivity contribution in [3.63, 3.8) is 0 Å². The van der Waals surface area contributed by atoms with Crippen molar-refractivity contribution in [1.29, 1.82) is 0 Å². The van der Waals surface area contributed by atoms with Gasteiger partial charge in [0.05, 0.1) is 0 Å². The maximum absolute atomic E-state index is 12.2. The highest BCUT2D eigenvalue weighted by atomic mass is 16.2. The summed E-state index contributed by atoms with van der Waals surface area (Å²) in [5.41, 5.74) is 1.76. The van der Waals surface area contributed by atoms with Gasteiger partial charge in [-0.25, -0.2) is 0 Å². The van der Waals surface area contributed by atoms with Crippen LogP contribution in [0.4, 0.5) is 5.69 Å². The second-order valence-corrected chi connectivity index (χ2v) is 4.23. The van der Waals surface area contributed by atoms with E-state index < -0.39 is 0 Å². The van der Waals surface area contributed by atoms with Gasteiger partial charge in [0.15, 0.2) is 0 Å². The molecule has 0 heterocycles. The van der Waals surface area contributed by atoms with Crippen molar-refractivity contribution >= 4 is 11.6 Å². The van der Waals surface area contributed by atoms with Crippen LogP contribution in [-0.4, -0.2) is 38.0 Å². The van der Waals surface area contributed by atoms with Crippen molar-refractivity contribution in [2.45, 2.75) is 0 Å². The Morgan fingerprint density at radius 3 is 2.00 bits per heavy atom. The molecule has 0 aliphatic carbocycles. The Hall–Kier alpha value is -2.03. The molecule has 96 valence electrons. The molecule has 0 aliphatic heterocycles. The zero-order valence-electron chi connectivity index (χ0n) is 11.1. The molecule has 0 saturated carbocycles. The lowest BCUT2D eigenvalue weighted by molar-refractivity contribution is 0.0791. The monoisotopic (exact) mass is 244 g/mol. The Bertz CT molecular complexity index is 411. The van der Waals surface area contributed by atoms with Crippen LogP contribution in [-0.2, 0) is 0 Å². The molecule has 1 aromatic carbocycles. The average Bonchev–Trinajstić information content (AvgIpc) is 2.38. The van der Waals surface area contributed by atoms with Crippen LogP contribution in [0.25, 0.3) is 0 Å². The van der Waals surface area contributed by atoms with Crippen LogP contribution in [0.2, 0.25) is 0 Å². The molecule has 0 N–H and O–H groups in total. The normalized spacial score (nSPS) is 9.67. The highest BCUT2D eigenvalue weighted by molar-refractivity contribution is 5.94. The third-order valence-electron chi connectivity index (χ3n) is 2.62. The molecule has 3 nitrogen and oxygen atoms in total. The molecule has 1 aromatic rings. The Labute approximate surface area is 109 Å². The molecule has 0 atom stereocenters. The second kappa shape index (κ2) is 6.64. The van der Waals surface area contributed by atoms with Crippen molar-refractivity contribution in [2.75, 3.05) is 32.1 Å². The quantitative estimate of drug-likeness (QED) is 0.718. The molecule has 0 spiro atoms. The van der Waals surface area contributed by atoms with Crippen LogP contribution >= 0.6 is 0 Å². The summed E-state index contributed by atoms with van der Waals surface area (Å²) in [5, 5.41) is 0. The van der Waals surface area contributed by atoms with E-state index in [9.17, 15) is 4.79 Å². The minimum absolute atomic E-state index is 0.0000983. The molecular weight excluding hydrogens is 224 g/mol. The van der Waals surface area contributed by atoms with Crippen LogP contribution in [0.15, 0.2) is 49.6 Å². The highest BCUT2D eigenvalue weighted by Crippen LogP contribution is 2.13. The van der Waals surface area contributed by atoms with E-state index in [0.29, 0.717) is 18.7 Å². The predicted octanol–water partition coefficient (Wildman–Crippen LogP) is 2.57. The van der Waals surface area contributed by atoms with Crippen LogP contribution in [0.3, 0.4) is 0 Å². The van der Waals surface area contributed by atoms with E-state index in [1.807, 2.05) is 43.3 Å². The third kappa shape index (κ3) is 3.48. The Kier molecular flexibility index (Phi) is 5.18. The fourth-order valence-electron chi connectivity index (χ4n) is 1.64. The molecule has 0 saturated heterocycles. The first-order valence-electron chi connectivity index (χ1n) is 5.88. The molecule has 0 fully saturated rings. The minimum atomic E-state index is 0.0000983. The first-order chi connectivity index (χ1) is 8.60. The van der Waals surface area contributed by atoms with E-state index in [-0.39, 0.29) is 5.91 Å². The Morgan fingerprint density at radius 2 is 1.61 bits per heavy atom. The Balaban J connectivity index is 2.87. The lowest BCUT2D eigenvalue weighted by atomic mass is 10.1. The van der Waals surface area contributed by atoms with E-state index in [2.05, 4.69) is 13.2 Å². The van der Waals surface area contributed by atoms with E-state index in [1.54, 1.807) is 17.1 Å². The number of rotatable bonds is 6. The van der Waals surface area contributed by atoms with Crippen LogP contribution in [0, 0.1) is 0 Å². The summed E-state index contributed by atoms with van der Waals surface area (Å²) in [7, 11) is 3.94. The van der Waals surface area contributed by atoms with Gasteiger partial charge in [-0.1, -0.05) is 12.2 Å². The highest BCUT2D eigenvalue weighted by Gasteiger charge is 2.12. The SMILES string of the molecule is C=CCN(CC=C)C(=O)c1ccc(N(C)C)cc1. The molecule has 0 bridgehead atoms. The number of anilines is 1. The van der Waals surface area contributed by atoms with E-state index in [1.165, 1.54) is 0 Å². The summed E-state index contributed by atoms with van der Waals surface area (Å²) in [4.78, 5) is 15.9. The van der Waals surface area contributed by atoms with Crippen molar-refractivity contribution < 1.29 is 4.79 Å². The summed E-state index contributed by atoms with van der Waals surface area (Å²) >= 11 is 0. The molecule has 1 amide bonds. The summed E-state index contributed by atoms with van der Waals surface area (Å²) in [6, 6.07) is 7.56. The van der Waals surface area contributed by atoms with Crippen molar-refractivity contribution in [2.24, 2.45) is 0 Å². The molecule has 0 aliphatic rings. The van der Waals surface area contributed by atoms with E-state index in [0.717, 1.165) is 5.69 Å². The van der Waals surface area contributed by atoms with Crippen molar-refractivity contribution in [3.8, 4) is 0 Å². The van der Waals surface area contributed by atoms with Crippen LogP contribution < -0.4 is 4.90 Å². The zero-order chi connectivity index (χ0) is 13.5. The first kappa shape index (κ1) is 14.0. The van der Waals surface area contributed by atoms with E-state index >= 15 is 0 Å². The maximum atomic E-state index is 12.2.